The molecule has 4 bridgehead atoms. The highest BCUT2D eigenvalue weighted by Gasteiger charge is 3.05. The van der Waals surface area contributed by atoms with Crippen LogP contribution in [0, 0.1) is 39.9 Å². The summed E-state index contributed by atoms with van der Waals surface area (Å²) < 4.78 is 45.4. The van der Waals surface area contributed by atoms with E-state index >= 15 is 9.59 Å². The number of ketones is 1. The average Bonchev–Trinajstić information content (AvgIpc) is 3.71. The minimum atomic E-state index is -2.28. The highest BCUT2D eigenvalue weighted by atomic mass is 16.9. The summed E-state index contributed by atoms with van der Waals surface area (Å²) in [5, 5.41) is 25.9. The van der Waals surface area contributed by atoms with Crippen LogP contribution in [0.1, 0.15) is 98.5 Å². The van der Waals surface area contributed by atoms with Crippen LogP contribution in [0.3, 0.4) is 0 Å². The van der Waals surface area contributed by atoms with Crippen molar-refractivity contribution in [3.8, 4) is 0 Å². The first-order valence-electron chi connectivity index (χ1n) is 17.8. The quantitative estimate of drug-likeness (QED) is 0.252. The van der Waals surface area contributed by atoms with E-state index in [1.54, 1.807) is 40.7 Å². The Labute approximate surface area is 289 Å². The third kappa shape index (κ3) is 2.77. The van der Waals surface area contributed by atoms with Gasteiger partial charge in [0, 0.05) is 47.0 Å². The van der Waals surface area contributed by atoms with E-state index in [-0.39, 0.29) is 31.4 Å². The van der Waals surface area contributed by atoms with Crippen LogP contribution in [0.25, 0.3) is 0 Å². The molecule has 8 aliphatic rings. The van der Waals surface area contributed by atoms with Crippen molar-refractivity contribution in [2.45, 2.75) is 133 Å². The summed E-state index contributed by atoms with van der Waals surface area (Å²) >= 11 is 0. The fourth-order valence-electron chi connectivity index (χ4n) is 13.8. The van der Waals surface area contributed by atoms with E-state index in [1.807, 2.05) is 20.8 Å². The van der Waals surface area contributed by atoms with Crippen LogP contribution in [-0.4, -0.2) is 81.6 Å². The molecule has 1 aromatic rings. The maximum atomic E-state index is 15.2. The number of aliphatic hydroxyl groups is 2. The van der Waals surface area contributed by atoms with Crippen molar-refractivity contribution in [3.05, 3.63) is 23.7 Å². The molecular weight excluding hydrogens is 652 g/mol. The van der Waals surface area contributed by atoms with E-state index in [4.69, 9.17) is 32.8 Å². The maximum absolute atomic E-state index is 15.2. The SMILES string of the molecule is COC(=O)CC1C2(C)CC34OC5(C)OC67C8C(C(=O)C(C)C)(C(=O)OC6C3(O)C2O)c2occc2C(OC(=O)C(C)C)C8(C)CCC7(O5)C14C. The van der Waals surface area contributed by atoms with Crippen molar-refractivity contribution in [2.24, 2.45) is 39.9 Å². The fraction of sp³-hybridized carbons (Fsp3) is 0.784. The zero-order valence-electron chi connectivity index (χ0n) is 29.9. The number of ether oxygens (including phenoxy) is 6. The van der Waals surface area contributed by atoms with Crippen LogP contribution in [-0.2, 0) is 53.0 Å². The molecule has 9 rings (SSSR count). The lowest BCUT2D eigenvalue weighted by Crippen LogP contribution is -2.96. The number of aliphatic hydroxyl groups excluding tert-OH is 1. The van der Waals surface area contributed by atoms with Gasteiger partial charge in [0.25, 0.3) is 5.97 Å². The number of esters is 3. The summed E-state index contributed by atoms with van der Waals surface area (Å²) in [4.78, 5) is 57.0. The zero-order valence-corrected chi connectivity index (χ0v) is 29.9. The van der Waals surface area contributed by atoms with Gasteiger partial charge < -0.3 is 43.1 Å². The standard InChI is InChI=1S/C37H46O13/c1-16(2)21(39)35-23-18(10-13-45-23)22(46-24(40)17(3)4)29(5)11-12-33-31(7)19(14-20(38)44-9)30(6)15-34(31)36(43,26(30)41)27(47-28(35)42)37(33,25(29)35)50-32(8,48-33)49-34/h10,13,16-17,19,22,25-27,41,43H,11-12,14-15H2,1-9H3. The summed E-state index contributed by atoms with van der Waals surface area (Å²) in [6.45, 7) is 14.1. The van der Waals surface area contributed by atoms with E-state index in [9.17, 15) is 19.8 Å². The molecule has 3 saturated heterocycles. The van der Waals surface area contributed by atoms with Gasteiger partial charge in [-0.05, 0) is 31.2 Å². The normalized spacial score (nSPS) is 54.0. The Morgan fingerprint density at radius 3 is 2.30 bits per heavy atom. The number of carbonyl (C=O) groups is 4. The molecule has 5 aliphatic carbocycles. The number of fused-ring (bicyclic) bond motifs is 5. The van der Waals surface area contributed by atoms with Crippen molar-refractivity contribution < 1.29 is 62.2 Å². The van der Waals surface area contributed by atoms with Crippen molar-refractivity contribution in [3.63, 3.8) is 0 Å². The van der Waals surface area contributed by atoms with Gasteiger partial charge in [0.2, 0.25) is 0 Å². The Morgan fingerprint density at radius 1 is 0.980 bits per heavy atom. The van der Waals surface area contributed by atoms with Crippen LogP contribution in [0.2, 0.25) is 0 Å². The molecule has 3 aliphatic heterocycles. The molecule has 0 radical (unpaired) electrons. The van der Waals surface area contributed by atoms with Crippen LogP contribution in [0.15, 0.2) is 16.7 Å². The summed E-state index contributed by atoms with van der Waals surface area (Å²) in [6.07, 6.45) is -2.27. The van der Waals surface area contributed by atoms with Crippen LogP contribution >= 0.6 is 0 Å². The third-order valence-corrected chi connectivity index (χ3v) is 15.2. The second-order valence-electron chi connectivity index (χ2n) is 17.8. The second-order valence-corrected chi connectivity index (χ2v) is 17.8. The fourth-order valence-corrected chi connectivity index (χ4v) is 13.8. The summed E-state index contributed by atoms with van der Waals surface area (Å²) in [6, 6.07) is 1.63. The molecule has 7 fully saturated rings. The first-order chi connectivity index (χ1) is 23.2. The van der Waals surface area contributed by atoms with Crippen molar-refractivity contribution in [1.29, 1.82) is 0 Å². The summed E-state index contributed by atoms with van der Waals surface area (Å²) in [5.74, 6) is -7.36. The zero-order chi connectivity index (χ0) is 36.2. The van der Waals surface area contributed by atoms with Gasteiger partial charge in [-0.2, -0.15) is 0 Å². The van der Waals surface area contributed by atoms with Gasteiger partial charge in [0.15, 0.2) is 22.9 Å². The van der Waals surface area contributed by atoms with Gasteiger partial charge in [-0.25, -0.2) is 0 Å². The van der Waals surface area contributed by atoms with Crippen LogP contribution in [0.5, 0.6) is 0 Å². The minimum Gasteiger partial charge on any atom is -0.469 e. The van der Waals surface area contributed by atoms with Crippen molar-refractivity contribution in [1.82, 2.24) is 0 Å². The minimum absolute atomic E-state index is 0.00302. The molecule has 2 N–H and O–H groups in total. The topological polar surface area (TPSA) is 177 Å². The Hall–Kier alpha value is -2.84. The van der Waals surface area contributed by atoms with Crippen molar-refractivity contribution >= 4 is 23.7 Å². The van der Waals surface area contributed by atoms with Gasteiger partial charge >= 0.3 is 17.9 Å². The first-order valence-corrected chi connectivity index (χ1v) is 17.8. The van der Waals surface area contributed by atoms with Crippen molar-refractivity contribution in [2.75, 3.05) is 7.11 Å². The summed E-state index contributed by atoms with van der Waals surface area (Å²) in [5.41, 5.74) is -12.6. The maximum Gasteiger partial charge on any atom is 0.328 e. The number of rotatable bonds is 6. The smallest absolute Gasteiger partial charge is 0.328 e. The highest BCUT2D eigenvalue weighted by Crippen LogP contribution is 2.91. The largest absolute Gasteiger partial charge is 0.469 e. The Balaban J connectivity index is 1.41. The number of carbonyl (C=O) groups excluding carboxylic acids is 4. The summed E-state index contributed by atoms with van der Waals surface area (Å²) in [7, 11) is 1.30. The monoisotopic (exact) mass is 698 g/mol. The molecule has 14 atom stereocenters. The van der Waals surface area contributed by atoms with Gasteiger partial charge in [-0.1, -0.05) is 48.5 Å². The molecule has 1 aromatic heterocycles. The molecule has 13 nitrogen and oxygen atoms in total. The molecule has 0 amide bonds. The lowest BCUT2D eigenvalue weighted by molar-refractivity contribution is -0.480. The van der Waals surface area contributed by atoms with Crippen LogP contribution < -0.4 is 0 Å². The molecule has 4 heterocycles. The second kappa shape index (κ2) is 8.85. The van der Waals surface area contributed by atoms with E-state index in [0.717, 1.165) is 0 Å². The predicted octanol–water partition coefficient (Wildman–Crippen LogP) is 3.02. The Morgan fingerprint density at radius 2 is 1.66 bits per heavy atom. The lowest BCUT2D eigenvalue weighted by atomic mass is 9.30. The van der Waals surface area contributed by atoms with Crippen LogP contribution in [0.4, 0.5) is 0 Å². The van der Waals surface area contributed by atoms with E-state index < -0.39 is 116 Å². The number of hydrogen-bond acceptors (Lipinski definition) is 13. The van der Waals surface area contributed by atoms with Gasteiger partial charge in [0.1, 0.15) is 28.7 Å². The molecule has 3 spiro atoms. The molecule has 0 aromatic carbocycles. The first kappa shape index (κ1) is 33.0. The third-order valence-electron chi connectivity index (χ3n) is 15.2. The molecule has 50 heavy (non-hydrogen) atoms. The number of Topliss-reactive ketones (excluding diaryl/α,β-unsaturated/α-hetero) is 1. The van der Waals surface area contributed by atoms with Gasteiger partial charge in [-0.15, -0.1) is 0 Å². The predicted molar refractivity (Wildman–Crippen MR) is 166 cm³/mol. The molecule has 4 saturated carbocycles. The van der Waals surface area contributed by atoms with Gasteiger partial charge in [0.05, 0.1) is 25.4 Å². The Bertz CT molecular complexity index is 1800. The number of furan rings is 1. The van der Waals surface area contributed by atoms with Gasteiger partial charge in [-0.3, -0.25) is 19.2 Å². The molecule has 14 unspecified atom stereocenters. The van der Waals surface area contributed by atoms with E-state index in [2.05, 4.69) is 0 Å². The highest BCUT2D eigenvalue weighted by molar-refractivity contribution is 6.12. The number of methoxy groups -OCH3 is 1. The number of hydrogen-bond donors (Lipinski definition) is 2. The Kier molecular flexibility index (Phi) is 5.84. The van der Waals surface area contributed by atoms with E-state index in [0.29, 0.717) is 5.56 Å². The molecule has 13 heteroatoms. The molecule has 272 valence electrons. The molecular formula is C37H46O13. The van der Waals surface area contributed by atoms with E-state index in [1.165, 1.54) is 13.4 Å². The lowest BCUT2D eigenvalue weighted by Gasteiger charge is -2.79. The average molecular weight is 699 g/mol.